The molecule has 3 rings (SSSR count). The first-order valence-electron chi connectivity index (χ1n) is 8.26. The minimum Gasteiger partial charge on any atom is -0.496 e. The van der Waals surface area contributed by atoms with Crippen LogP contribution >= 0.6 is 0 Å². The molecule has 1 aromatic heterocycles. The van der Waals surface area contributed by atoms with Gasteiger partial charge in [-0.2, -0.15) is 0 Å². The summed E-state index contributed by atoms with van der Waals surface area (Å²) in [6.07, 6.45) is 2.33. The lowest BCUT2D eigenvalue weighted by Crippen LogP contribution is -2.38. The van der Waals surface area contributed by atoms with Crippen LogP contribution in [-0.2, 0) is 31.4 Å². The average Bonchev–Trinajstić information content (AvgIpc) is 2.96. The van der Waals surface area contributed by atoms with Gasteiger partial charge >= 0.3 is 0 Å². The summed E-state index contributed by atoms with van der Waals surface area (Å²) < 4.78 is 13.0. The maximum Gasteiger partial charge on any atom is 0.124 e. The van der Waals surface area contributed by atoms with Crippen molar-refractivity contribution < 1.29 is 14.6 Å². The summed E-state index contributed by atoms with van der Waals surface area (Å²) in [5.41, 5.74) is 3.40. The van der Waals surface area contributed by atoms with E-state index in [1.165, 1.54) is 5.69 Å². The van der Waals surface area contributed by atoms with Crippen LogP contribution in [0.5, 0.6) is 5.75 Å². The third-order valence-corrected chi connectivity index (χ3v) is 4.41. The number of hydrogen-bond acceptors (Lipinski definition) is 5. The second-order valence-electron chi connectivity index (χ2n) is 6.21. The van der Waals surface area contributed by atoms with Crippen molar-refractivity contribution in [2.24, 2.45) is 7.05 Å². The van der Waals surface area contributed by atoms with Crippen LogP contribution in [-0.4, -0.2) is 52.5 Å². The fourth-order valence-corrected chi connectivity index (χ4v) is 3.15. The standard InChI is InChI=1S/C18H25N3O3/c1-20-13-19-16-10-21(8-7-17(16)20)9-15(22)12-24-11-14-5-3-4-6-18(14)23-2/h3-6,13,15,22H,7-12H2,1-2H3. The lowest BCUT2D eigenvalue weighted by Gasteiger charge is -2.28. The highest BCUT2D eigenvalue weighted by molar-refractivity contribution is 5.32. The Morgan fingerprint density at radius 1 is 1.33 bits per heavy atom. The van der Waals surface area contributed by atoms with Gasteiger partial charge in [-0.1, -0.05) is 18.2 Å². The van der Waals surface area contributed by atoms with Crippen molar-refractivity contribution in [2.45, 2.75) is 25.7 Å². The molecule has 6 heteroatoms. The largest absolute Gasteiger partial charge is 0.496 e. The van der Waals surface area contributed by atoms with Crippen molar-refractivity contribution in [1.82, 2.24) is 14.5 Å². The van der Waals surface area contributed by atoms with Crippen molar-refractivity contribution in [1.29, 1.82) is 0 Å². The van der Waals surface area contributed by atoms with Crippen LogP contribution in [0.2, 0.25) is 0 Å². The average molecular weight is 331 g/mol. The smallest absolute Gasteiger partial charge is 0.124 e. The molecule has 1 N–H and O–H groups in total. The maximum atomic E-state index is 10.2. The van der Waals surface area contributed by atoms with Gasteiger partial charge in [-0.05, 0) is 6.07 Å². The number of hydrogen-bond donors (Lipinski definition) is 1. The molecule has 1 aliphatic heterocycles. The van der Waals surface area contributed by atoms with E-state index in [1.54, 1.807) is 7.11 Å². The number of aliphatic hydroxyl groups is 1. The van der Waals surface area contributed by atoms with E-state index < -0.39 is 6.10 Å². The molecule has 0 saturated carbocycles. The first-order valence-corrected chi connectivity index (χ1v) is 8.26. The van der Waals surface area contributed by atoms with Crippen LogP contribution in [0.3, 0.4) is 0 Å². The third-order valence-electron chi connectivity index (χ3n) is 4.41. The van der Waals surface area contributed by atoms with Crippen LogP contribution in [0.1, 0.15) is 17.0 Å². The summed E-state index contributed by atoms with van der Waals surface area (Å²) in [5, 5.41) is 10.2. The van der Waals surface area contributed by atoms with Crippen molar-refractivity contribution >= 4 is 0 Å². The summed E-state index contributed by atoms with van der Waals surface area (Å²) in [7, 11) is 3.68. The Balaban J connectivity index is 1.44. The van der Waals surface area contributed by atoms with E-state index in [0.29, 0.717) is 19.8 Å². The van der Waals surface area contributed by atoms with Gasteiger partial charge in [0.2, 0.25) is 0 Å². The molecule has 0 bridgehead atoms. The Morgan fingerprint density at radius 2 is 2.17 bits per heavy atom. The van der Waals surface area contributed by atoms with E-state index in [2.05, 4.69) is 14.5 Å². The number of aromatic nitrogens is 2. The minimum atomic E-state index is -0.509. The zero-order valence-electron chi connectivity index (χ0n) is 14.3. The molecule has 24 heavy (non-hydrogen) atoms. The number of benzene rings is 1. The summed E-state index contributed by atoms with van der Waals surface area (Å²) in [6.45, 7) is 3.08. The van der Waals surface area contributed by atoms with Gasteiger partial charge in [0.25, 0.3) is 0 Å². The number of imidazole rings is 1. The normalized spacial score (nSPS) is 16.0. The van der Waals surface area contributed by atoms with E-state index in [9.17, 15) is 5.11 Å². The van der Waals surface area contributed by atoms with E-state index in [0.717, 1.165) is 36.5 Å². The minimum absolute atomic E-state index is 0.309. The van der Waals surface area contributed by atoms with Crippen molar-refractivity contribution in [3.8, 4) is 5.75 Å². The number of nitrogens with zero attached hydrogens (tertiary/aromatic N) is 3. The van der Waals surface area contributed by atoms with Gasteiger partial charge in [0, 0.05) is 44.4 Å². The first-order chi connectivity index (χ1) is 11.7. The van der Waals surface area contributed by atoms with E-state index >= 15 is 0 Å². The highest BCUT2D eigenvalue weighted by Crippen LogP contribution is 2.19. The molecule has 0 spiro atoms. The van der Waals surface area contributed by atoms with E-state index in [-0.39, 0.29) is 0 Å². The molecule has 0 amide bonds. The molecule has 0 radical (unpaired) electrons. The van der Waals surface area contributed by atoms with E-state index in [4.69, 9.17) is 9.47 Å². The Bertz CT molecular complexity index is 671. The van der Waals surface area contributed by atoms with Crippen molar-refractivity contribution in [3.05, 3.63) is 47.5 Å². The number of fused-ring (bicyclic) bond motifs is 1. The van der Waals surface area contributed by atoms with Crippen molar-refractivity contribution in [3.63, 3.8) is 0 Å². The van der Waals surface area contributed by atoms with E-state index in [1.807, 2.05) is 37.6 Å². The van der Waals surface area contributed by atoms with Crippen LogP contribution < -0.4 is 4.74 Å². The van der Waals surface area contributed by atoms with Crippen molar-refractivity contribution in [2.75, 3.05) is 26.8 Å². The van der Waals surface area contributed by atoms with Gasteiger partial charge < -0.3 is 19.1 Å². The van der Waals surface area contributed by atoms with Gasteiger partial charge in [0.1, 0.15) is 5.75 Å². The summed E-state index contributed by atoms with van der Waals surface area (Å²) in [5.74, 6) is 0.811. The van der Waals surface area contributed by atoms with Crippen LogP contribution in [0.15, 0.2) is 30.6 Å². The number of aliphatic hydroxyl groups excluding tert-OH is 1. The quantitative estimate of drug-likeness (QED) is 0.830. The zero-order chi connectivity index (χ0) is 16.9. The molecule has 1 aliphatic rings. The highest BCUT2D eigenvalue weighted by atomic mass is 16.5. The summed E-state index contributed by atoms with van der Waals surface area (Å²) in [6, 6.07) is 7.76. The number of rotatable bonds is 7. The molecule has 1 unspecified atom stereocenters. The number of aryl methyl sites for hydroxylation is 1. The van der Waals surface area contributed by atoms with Gasteiger partial charge in [0.05, 0.1) is 38.4 Å². The fraction of sp³-hybridized carbons (Fsp3) is 0.500. The molecule has 6 nitrogen and oxygen atoms in total. The topological polar surface area (TPSA) is 59.8 Å². The summed E-state index contributed by atoms with van der Waals surface area (Å²) >= 11 is 0. The predicted octanol–water partition coefficient (Wildman–Crippen LogP) is 1.36. The Labute approximate surface area is 142 Å². The SMILES string of the molecule is COc1ccccc1COCC(O)CN1CCc2c(ncn2C)C1. The van der Waals surface area contributed by atoms with Crippen LogP contribution in [0, 0.1) is 0 Å². The molecule has 0 saturated heterocycles. The number of β-amino-alcohol motifs (C(OH)–C–C–N with tert-alkyl or cyclic N) is 1. The summed E-state index contributed by atoms with van der Waals surface area (Å²) in [4.78, 5) is 6.66. The molecule has 0 aliphatic carbocycles. The maximum absolute atomic E-state index is 10.2. The monoisotopic (exact) mass is 331 g/mol. The molecule has 130 valence electrons. The van der Waals surface area contributed by atoms with Gasteiger partial charge in [-0.3, -0.25) is 4.90 Å². The molecular formula is C18H25N3O3. The Morgan fingerprint density at radius 3 is 3.00 bits per heavy atom. The molecule has 2 heterocycles. The molecule has 1 atom stereocenters. The second-order valence-corrected chi connectivity index (χ2v) is 6.21. The predicted molar refractivity (Wildman–Crippen MR) is 90.8 cm³/mol. The van der Waals surface area contributed by atoms with Gasteiger partial charge in [-0.15, -0.1) is 0 Å². The molecular weight excluding hydrogens is 306 g/mol. The Kier molecular flexibility index (Phi) is 5.50. The zero-order valence-corrected chi connectivity index (χ0v) is 14.3. The second kappa shape index (κ2) is 7.79. The number of para-hydroxylation sites is 1. The first kappa shape index (κ1) is 17.0. The molecule has 1 aromatic carbocycles. The lowest BCUT2D eigenvalue weighted by molar-refractivity contribution is 0.00698. The Hall–Kier alpha value is -1.89. The lowest BCUT2D eigenvalue weighted by atomic mass is 10.1. The third kappa shape index (κ3) is 3.95. The number of ether oxygens (including phenoxy) is 2. The molecule has 2 aromatic rings. The fourth-order valence-electron chi connectivity index (χ4n) is 3.15. The molecule has 0 fully saturated rings. The van der Waals surface area contributed by atoms with Gasteiger partial charge in [0.15, 0.2) is 0 Å². The van der Waals surface area contributed by atoms with Crippen LogP contribution in [0.25, 0.3) is 0 Å². The number of methoxy groups -OCH3 is 1. The van der Waals surface area contributed by atoms with Crippen LogP contribution in [0.4, 0.5) is 0 Å². The van der Waals surface area contributed by atoms with Gasteiger partial charge in [-0.25, -0.2) is 4.98 Å². The highest BCUT2D eigenvalue weighted by Gasteiger charge is 2.21.